The summed E-state index contributed by atoms with van der Waals surface area (Å²) in [6.07, 6.45) is 0.886. The van der Waals surface area contributed by atoms with Gasteiger partial charge in [0.05, 0.1) is 6.04 Å². The minimum atomic E-state index is -0.0379. The van der Waals surface area contributed by atoms with Crippen LogP contribution < -0.4 is 10.6 Å². The average molecular weight is 192 g/mol. The van der Waals surface area contributed by atoms with Gasteiger partial charge in [0.1, 0.15) is 6.29 Å². The number of carbonyl (C=O) groups excluding carboxylic acids is 1. The first kappa shape index (κ1) is 18.4. The number of aliphatic hydroxyl groups excluding tert-OH is 1. The third-order valence-electron chi connectivity index (χ3n) is 1.00. The van der Waals surface area contributed by atoms with Gasteiger partial charge in [-0.15, -0.1) is 0 Å². The minimum Gasteiger partial charge on any atom is -0.400 e. The van der Waals surface area contributed by atoms with Crippen LogP contribution in [0.1, 0.15) is 27.7 Å². The quantitative estimate of drug-likeness (QED) is 0.334. The summed E-state index contributed by atoms with van der Waals surface area (Å²) in [5.41, 5.74) is 0. The third kappa shape index (κ3) is 24.6. The molecule has 0 fully saturated rings. The van der Waals surface area contributed by atoms with Crippen LogP contribution in [0.5, 0.6) is 0 Å². The van der Waals surface area contributed by atoms with Crippen LogP contribution >= 0.6 is 0 Å². The first-order valence-electron chi connectivity index (χ1n) is 4.65. The van der Waals surface area contributed by atoms with Crippen LogP contribution in [-0.4, -0.2) is 37.8 Å². The largest absolute Gasteiger partial charge is 0.400 e. The van der Waals surface area contributed by atoms with Gasteiger partial charge in [-0.25, -0.2) is 0 Å². The molecule has 3 N–H and O–H groups in total. The van der Waals surface area contributed by atoms with Gasteiger partial charge in [-0.3, -0.25) is 5.32 Å². The molecule has 0 aromatic carbocycles. The van der Waals surface area contributed by atoms with Crippen molar-refractivity contribution in [3.8, 4) is 0 Å². The lowest BCUT2D eigenvalue weighted by molar-refractivity contribution is -0.109. The molecule has 0 rings (SSSR count). The molecule has 0 aliphatic carbocycles. The second-order valence-electron chi connectivity index (χ2n) is 1.91. The van der Waals surface area contributed by atoms with Crippen molar-refractivity contribution in [3.05, 3.63) is 0 Å². The van der Waals surface area contributed by atoms with Crippen molar-refractivity contribution in [2.24, 2.45) is 0 Å². The van der Waals surface area contributed by atoms with Crippen molar-refractivity contribution in [1.29, 1.82) is 0 Å². The zero-order chi connectivity index (χ0) is 11.1. The van der Waals surface area contributed by atoms with Crippen LogP contribution in [0.4, 0.5) is 0 Å². The predicted octanol–water partition coefficient (Wildman–Crippen LogP) is 0.365. The van der Waals surface area contributed by atoms with Gasteiger partial charge in [-0.2, -0.15) is 0 Å². The van der Waals surface area contributed by atoms with E-state index in [-0.39, 0.29) is 6.04 Å². The molecule has 4 heteroatoms. The van der Waals surface area contributed by atoms with E-state index < -0.39 is 0 Å². The molecule has 0 radical (unpaired) electrons. The van der Waals surface area contributed by atoms with Gasteiger partial charge < -0.3 is 15.2 Å². The number of aldehydes is 1. The van der Waals surface area contributed by atoms with E-state index in [0.717, 1.165) is 19.9 Å². The SMILES string of the molecule is CC.CCNCNC(C)C=O.CO. The Morgan fingerprint density at radius 2 is 1.85 bits per heavy atom. The van der Waals surface area contributed by atoms with E-state index >= 15 is 0 Å². The van der Waals surface area contributed by atoms with E-state index in [1.54, 1.807) is 0 Å². The van der Waals surface area contributed by atoms with Gasteiger partial charge in [0.25, 0.3) is 0 Å². The van der Waals surface area contributed by atoms with Crippen molar-refractivity contribution >= 4 is 6.29 Å². The Kier molecular flexibility index (Phi) is 31.8. The Morgan fingerprint density at radius 3 is 2.15 bits per heavy atom. The van der Waals surface area contributed by atoms with Crippen molar-refractivity contribution in [1.82, 2.24) is 10.6 Å². The molecule has 1 unspecified atom stereocenters. The molecular formula is C9H24N2O2. The lowest BCUT2D eigenvalue weighted by atomic mass is 10.4. The summed E-state index contributed by atoms with van der Waals surface area (Å²) in [4.78, 5) is 10.0. The summed E-state index contributed by atoms with van der Waals surface area (Å²) in [5, 5.41) is 13.0. The number of aliphatic hydroxyl groups is 1. The first-order chi connectivity index (χ1) is 6.31. The van der Waals surface area contributed by atoms with Gasteiger partial charge in [-0.1, -0.05) is 20.8 Å². The maximum Gasteiger partial charge on any atom is 0.136 e. The fourth-order valence-electron chi connectivity index (χ4n) is 0.406. The van der Waals surface area contributed by atoms with Crippen molar-refractivity contribution in [3.63, 3.8) is 0 Å². The molecule has 82 valence electrons. The Hall–Kier alpha value is -0.450. The molecule has 0 aliphatic rings. The Balaban J connectivity index is -0.000000218. The van der Waals surface area contributed by atoms with Crippen LogP contribution in [0, 0.1) is 0 Å². The maximum absolute atomic E-state index is 10.0. The molecule has 0 heterocycles. The summed E-state index contributed by atoms with van der Waals surface area (Å²) in [5.74, 6) is 0. The van der Waals surface area contributed by atoms with E-state index in [2.05, 4.69) is 10.6 Å². The van der Waals surface area contributed by atoms with Crippen molar-refractivity contribution in [2.45, 2.75) is 33.7 Å². The first-order valence-corrected chi connectivity index (χ1v) is 4.65. The molecule has 1 atom stereocenters. The van der Waals surface area contributed by atoms with Crippen molar-refractivity contribution < 1.29 is 9.90 Å². The highest BCUT2D eigenvalue weighted by Crippen LogP contribution is 1.68. The number of carbonyl (C=O) groups is 1. The monoisotopic (exact) mass is 192 g/mol. The highest BCUT2D eigenvalue weighted by molar-refractivity contribution is 5.56. The normalized spacial score (nSPS) is 10.0. The molecule has 4 nitrogen and oxygen atoms in total. The summed E-state index contributed by atoms with van der Waals surface area (Å²) in [6, 6.07) is -0.0379. The molecule has 0 spiro atoms. The molecule has 0 bridgehead atoms. The topological polar surface area (TPSA) is 61.4 Å². The summed E-state index contributed by atoms with van der Waals surface area (Å²) >= 11 is 0. The molecule has 13 heavy (non-hydrogen) atoms. The highest BCUT2D eigenvalue weighted by atomic mass is 16.2. The summed E-state index contributed by atoms with van der Waals surface area (Å²) in [7, 11) is 1.00. The molecule has 0 aromatic heterocycles. The molecule has 0 saturated heterocycles. The van der Waals surface area contributed by atoms with E-state index in [4.69, 9.17) is 5.11 Å². The van der Waals surface area contributed by atoms with Crippen LogP contribution in [0.25, 0.3) is 0 Å². The zero-order valence-electron chi connectivity index (χ0n) is 9.42. The fraction of sp³-hybridized carbons (Fsp3) is 0.889. The average Bonchev–Trinajstić information content (AvgIpc) is 2.24. The fourth-order valence-corrected chi connectivity index (χ4v) is 0.406. The predicted molar refractivity (Wildman–Crippen MR) is 56.7 cm³/mol. The van der Waals surface area contributed by atoms with Gasteiger partial charge in [0.2, 0.25) is 0 Å². The summed E-state index contributed by atoms with van der Waals surface area (Å²) < 4.78 is 0. The number of rotatable bonds is 5. The molecule has 0 amide bonds. The molecule has 0 saturated carbocycles. The zero-order valence-corrected chi connectivity index (χ0v) is 9.42. The maximum atomic E-state index is 10.0. The highest BCUT2D eigenvalue weighted by Gasteiger charge is 1.93. The summed E-state index contributed by atoms with van der Waals surface area (Å²) in [6.45, 7) is 9.48. The smallest absolute Gasteiger partial charge is 0.136 e. The number of hydrogen-bond donors (Lipinski definition) is 3. The van der Waals surface area contributed by atoms with Crippen LogP contribution in [0.3, 0.4) is 0 Å². The van der Waals surface area contributed by atoms with E-state index in [0.29, 0.717) is 6.67 Å². The third-order valence-corrected chi connectivity index (χ3v) is 1.00. The Bertz CT molecular complexity index is 80.0. The van der Waals surface area contributed by atoms with Gasteiger partial charge >= 0.3 is 0 Å². The molecule has 0 aromatic rings. The number of hydrogen-bond acceptors (Lipinski definition) is 4. The van der Waals surface area contributed by atoms with Gasteiger partial charge in [0.15, 0.2) is 0 Å². The van der Waals surface area contributed by atoms with E-state index in [1.807, 2.05) is 27.7 Å². The standard InChI is InChI=1S/C6H14N2O.C2H6.CH4O/c1-3-7-5-8-6(2)4-9;2*1-2/h4,6-8H,3,5H2,1-2H3;1-2H3;2H,1H3. The van der Waals surface area contributed by atoms with E-state index in [9.17, 15) is 4.79 Å². The second-order valence-corrected chi connectivity index (χ2v) is 1.91. The van der Waals surface area contributed by atoms with E-state index in [1.165, 1.54) is 0 Å². The lowest BCUT2D eigenvalue weighted by Gasteiger charge is -2.05. The minimum absolute atomic E-state index is 0.0379. The van der Waals surface area contributed by atoms with Crippen LogP contribution in [0.2, 0.25) is 0 Å². The Morgan fingerprint density at radius 1 is 1.38 bits per heavy atom. The van der Waals surface area contributed by atoms with Gasteiger partial charge in [-0.05, 0) is 13.5 Å². The van der Waals surface area contributed by atoms with Gasteiger partial charge in [0, 0.05) is 13.8 Å². The molecular weight excluding hydrogens is 168 g/mol. The lowest BCUT2D eigenvalue weighted by Crippen LogP contribution is -2.35. The van der Waals surface area contributed by atoms with Crippen LogP contribution in [0.15, 0.2) is 0 Å². The molecule has 0 aliphatic heterocycles. The van der Waals surface area contributed by atoms with Crippen molar-refractivity contribution in [2.75, 3.05) is 20.3 Å². The Labute approximate surface area is 81.7 Å². The van der Waals surface area contributed by atoms with Crippen LogP contribution in [-0.2, 0) is 4.79 Å². The number of nitrogens with one attached hydrogen (secondary N) is 2. The second kappa shape index (κ2) is 22.6.